The van der Waals surface area contributed by atoms with Gasteiger partial charge in [0.05, 0.1) is 17.9 Å². The van der Waals surface area contributed by atoms with Crippen molar-refractivity contribution in [3.63, 3.8) is 0 Å². The van der Waals surface area contributed by atoms with Gasteiger partial charge in [0.2, 0.25) is 5.91 Å². The molecule has 4 nitrogen and oxygen atoms in total. The van der Waals surface area contributed by atoms with E-state index in [1.807, 2.05) is 41.3 Å². The molecule has 126 valence electrons. The number of para-hydroxylation sites is 2. The van der Waals surface area contributed by atoms with Crippen molar-refractivity contribution >= 4 is 28.1 Å². The van der Waals surface area contributed by atoms with E-state index >= 15 is 0 Å². The average Bonchev–Trinajstić information content (AvgIpc) is 2.76. The van der Waals surface area contributed by atoms with Gasteiger partial charge in [0.15, 0.2) is 0 Å². The van der Waals surface area contributed by atoms with E-state index < -0.39 is 6.04 Å². The number of aryl methyl sites for hydroxylation is 1. The van der Waals surface area contributed by atoms with Crippen LogP contribution in [0, 0.1) is 6.92 Å². The zero-order chi connectivity index (χ0) is 17.4. The van der Waals surface area contributed by atoms with Gasteiger partial charge in [0.1, 0.15) is 6.04 Å². The number of hydrogen-bond acceptors (Lipinski definition) is 3. The van der Waals surface area contributed by atoms with Crippen molar-refractivity contribution in [2.24, 2.45) is 5.73 Å². The molecule has 25 heavy (non-hydrogen) atoms. The van der Waals surface area contributed by atoms with E-state index in [1.54, 1.807) is 0 Å². The molecule has 1 aliphatic rings. The van der Waals surface area contributed by atoms with Crippen molar-refractivity contribution in [3.05, 3.63) is 71.8 Å². The minimum atomic E-state index is -0.553. The van der Waals surface area contributed by atoms with Crippen LogP contribution in [-0.4, -0.2) is 18.5 Å². The second kappa shape index (κ2) is 6.22. The van der Waals surface area contributed by atoms with Crippen molar-refractivity contribution in [2.45, 2.75) is 19.5 Å². The number of carbonyl (C=O) groups excluding carboxylic acids is 1. The second-order valence-corrected chi connectivity index (χ2v) is 6.51. The number of hydrogen-bond donors (Lipinski definition) is 2. The number of benzene rings is 3. The summed E-state index contributed by atoms with van der Waals surface area (Å²) in [6.45, 7) is 3.05. The third kappa shape index (κ3) is 2.75. The number of carbonyl (C=O) groups is 1. The van der Waals surface area contributed by atoms with E-state index in [0.717, 1.165) is 16.9 Å². The Morgan fingerprint density at radius 3 is 2.72 bits per heavy atom. The van der Waals surface area contributed by atoms with Crippen LogP contribution in [0.15, 0.2) is 60.7 Å². The van der Waals surface area contributed by atoms with Gasteiger partial charge in [-0.15, -0.1) is 0 Å². The molecule has 0 spiro atoms. The van der Waals surface area contributed by atoms with Crippen LogP contribution in [0.2, 0.25) is 0 Å². The van der Waals surface area contributed by atoms with Gasteiger partial charge < -0.3 is 16.0 Å². The molecule has 4 heteroatoms. The SMILES string of the molecule is Cc1ccc2ccccc2c1CN1C(=O)C(N)CNc2ccccc21. The van der Waals surface area contributed by atoms with Gasteiger partial charge >= 0.3 is 0 Å². The van der Waals surface area contributed by atoms with E-state index in [0.29, 0.717) is 13.1 Å². The highest BCUT2D eigenvalue weighted by Gasteiger charge is 2.28. The Hall–Kier alpha value is -2.85. The minimum Gasteiger partial charge on any atom is -0.381 e. The normalized spacial score (nSPS) is 17.1. The maximum Gasteiger partial charge on any atom is 0.246 e. The predicted molar refractivity (Wildman–Crippen MR) is 103 cm³/mol. The number of nitrogens with two attached hydrogens (primary N) is 1. The van der Waals surface area contributed by atoms with Crippen LogP contribution in [0.1, 0.15) is 11.1 Å². The summed E-state index contributed by atoms with van der Waals surface area (Å²) in [6, 6.07) is 19.9. The summed E-state index contributed by atoms with van der Waals surface area (Å²) in [7, 11) is 0. The smallest absolute Gasteiger partial charge is 0.246 e. The lowest BCUT2D eigenvalue weighted by Crippen LogP contribution is -2.45. The zero-order valence-electron chi connectivity index (χ0n) is 14.2. The fraction of sp³-hybridized carbons (Fsp3) is 0.190. The topological polar surface area (TPSA) is 58.4 Å². The maximum absolute atomic E-state index is 12.9. The van der Waals surface area contributed by atoms with Crippen LogP contribution >= 0.6 is 0 Å². The number of nitrogens with one attached hydrogen (secondary N) is 1. The van der Waals surface area contributed by atoms with E-state index in [4.69, 9.17) is 5.73 Å². The summed E-state index contributed by atoms with van der Waals surface area (Å²) in [6.07, 6.45) is 0. The Morgan fingerprint density at radius 2 is 1.84 bits per heavy atom. The lowest BCUT2D eigenvalue weighted by Gasteiger charge is -2.25. The van der Waals surface area contributed by atoms with Crippen LogP contribution in [-0.2, 0) is 11.3 Å². The molecule has 1 heterocycles. The number of amides is 1. The Morgan fingerprint density at radius 1 is 1.08 bits per heavy atom. The molecule has 1 atom stereocenters. The van der Waals surface area contributed by atoms with Gasteiger partial charge in [0.25, 0.3) is 0 Å². The lowest BCUT2D eigenvalue weighted by atomic mass is 9.99. The third-order valence-corrected chi connectivity index (χ3v) is 4.88. The third-order valence-electron chi connectivity index (χ3n) is 4.88. The molecular formula is C21H21N3O. The Balaban J connectivity index is 1.84. The number of rotatable bonds is 2. The minimum absolute atomic E-state index is 0.0511. The molecular weight excluding hydrogens is 310 g/mol. The maximum atomic E-state index is 12.9. The molecule has 3 aromatic rings. The molecule has 1 aliphatic heterocycles. The monoisotopic (exact) mass is 331 g/mol. The van der Waals surface area contributed by atoms with Crippen molar-refractivity contribution in [2.75, 3.05) is 16.8 Å². The molecule has 0 saturated heterocycles. The molecule has 0 saturated carbocycles. The molecule has 4 rings (SSSR count). The van der Waals surface area contributed by atoms with Gasteiger partial charge in [-0.25, -0.2) is 0 Å². The highest BCUT2D eigenvalue weighted by Crippen LogP contribution is 2.32. The summed E-state index contributed by atoms with van der Waals surface area (Å²) < 4.78 is 0. The molecule has 3 N–H and O–H groups in total. The Bertz CT molecular complexity index is 951. The van der Waals surface area contributed by atoms with E-state index in [9.17, 15) is 4.79 Å². The summed E-state index contributed by atoms with van der Waals surface area (Å²) >= 11 is 0. The highest BCUT2D eigenvalue weighted by atomic mass is 16.2. The molecule has 0 aromatic heterocycles. The first-order valence-corrected chi connectivity index (χ1v) is 8.52. The van der Waals surface area contributed by atoms with Crippen LogP contribution in [0.5, 0.6) is 0 Å². The number of fused-ring (bicyclic) bond motifs is 2. The summed E-state index contributed by atoms with van der Waals surface area (Å²) in [4.78, 5) is 14.7. The fourth-order valence-electron chi connectivity index (χ4n) is 3.46. The molecule has 0 aliphatic carbocycles. The summed E-state index contributed by atoms with van der Waals surface area (Å²) in [5, 5.41) is 5.65. The van der Waals surface area contributed by atoms with Gasteiger partial charge in [-0.05, 0) is 41.0 Å². The molecule has 1 amide bonds. The van der Waals surface area contributed by atoms with Gasteiger partial charge in [0, 0.05) is 6.54 Å². The summed E-state index contributed by atoms with van der Waals surface area (Å²) in [5.74, 6) is -0.0511. The number of nitrogens with zero attached hydrogens (tertiary/aromatic N) is 1. The first kappa shape index (κ1) is 15.7. The molecule has 1 unspecified atom stereocenters. The van der Waals surface area contributed by atoms with E-state index in [1.165, 1.54) is 16.3 Å². The average molecular weight is 331 g/mol. The Labute approximate surface area is 147 Å². The van der Waals surface area contributed by atoms with E-state index in [-0.39, 0.29) is 5.91 Å². The van der Waals surface area contributed by atoms with Gasteiger partial charge in [-0.1, -0.05) is 48.5 Å². The summed E-state index contributed by atoms with van der Waals surface area (Å²) in [5.41, 5.74) is 10.3. The standard InChI is InChI=1S/C21H21N3O/c1-14-10-11-15-6-2-3-7-16(15)17(14)13-24-20-9-5-4-8-19(20)23-12-18(22)21(24)25/h2-11,18,23H,12-13,22H2,1H3. The Kier molecular flexibility index (Phi) is 3.90. The van der Waals surface area contributed by atoms with E-state index in [2.05, 4.69) is 36.5 Å². The van der Waals surface area contributed by atoms with Gasteiger partial charge in [-0.3, -0.25) is 4.79 Å². The van der Waals surface area contributed by atoms with Gasteiger partial charge in [-0.2, -0.15) is 0 Å². The first-order chi connectivity index (χ1) is 12.1. The zero-order valence-corrected chi connectivity index (χ0v) is 14.2. The molecule has 0 radical (unpaired) electrons. The molecule has 0 fully saturated rings. The van der Waals surface area contributed by atoms with Crippen LogP contribution in [0.4, 0.5) is 11.4 Å². The highest BCUT2D eigenvalue weighted by molar-refractivity contribution is 6.02. The van der Waals surface area contributed by atoms with Crippen molar-refractivity contribution in [3.8, 4) is 0 Å². The van der Waals surface area contributed by atoms with Crippen LogP contribution in [0.25, 0.3) is 10.8 Å². The largest absolute Gasteiger partial charge is 0.381 e. The molecule has 0 bridgehead atoms. The predicted octanol–water partition coefficient (Wildman–Crippen LogP) is 3.43. The van der Waals surface area contributed by atoms with Crippen molar-refractivity contribution in [1.29, 1.82) is 0 Å². The fourth-order valence-corrected chi connectivity index (χ4v) is 3.46. The lowest BCUT2D eigenvalue weighted by molar-refractivity contribution is -0.119. The van der Waals surface area contributed by atoms with Crippen LogP contribution < -0.4 is 16.0 Å². The van der Waals surface area contributed by atoms with Crippen molar-refractivity contribution in [1.82, 2.24) is 0 Å². The quantitative estimate of drug-likeness (QED) is 0.756. The van der Waals surface area contributed by atoms with Crippen molar-refractivity contribution < 1.29 is 4.79 Å². The molecule has 3 aromatic carbocycles. The number of anilines is 2. The second-order valence-electron chi connectivity index (χ2n) is 6.51. The first-order valence-electron chi connectivity index (χ1n) is 8.52. The van der Waals surface area contributed by atoms with Crippen LogP contribution in [0.3, 0.4) is 0 Å².